The van der Waals surface area contributed by atoms with Crippen LogP contribution in [0.15, 0.2) is 11.0 Å². The lowest BCUT2D eigenvalue weighted by Crippen LogP contribution is -2.38. The molecule has 3 aliphatic rings. The van der Waals surface area contributed by atoms with E-state index in [9.17, 15) is 8.42 Å². The monoisotopic (exact) mass is 289 g/mol. The summed E-state index contributed by atoms with van der Waals surface area (Å²) in [5.74, 6) is 0.674. The molecule has 18 heavy (non-hydrogen) atoms. The van der Waals surface area contributed by atoms with Crippen LogP contribution in [0.1, 0.15) is 24.3 Å². The molecule has 0 unspecified atom stereocenters. The molecule has 7 heteroatoms. The lowest BCUT2D eigenvalue weighted by Gasteiger charge is -2.43. The summed E-state index contributed by atoms with van der Waals surface area (Å²) in [5, 5.41) is 5.48. The zero-order valence-electron chi connectivity index (χ0n) is 9.64. The van der Waals surface area contributed by atoms with Gasteiger partial charge in [-0.3, -0.25) is 0 Å². The van der Waals surface area contributed by atoms with Crippen molar-refractivity contribution in [1.29, 1.82) is 0 Å². The van der Waals surface area contributed by atoms with Crippen LogP contribution >= 0.6 is 11.6 Å². The largest absolute Gasteiger partial charge is 0.494 e. The van der Waals surface area contributed by atoms with Gasteiger partial charge >= 0.3 is 0 Å². The van der Waals surface area contributed by atoms with Crippen molar-refractivity contribution >= 4 is 21.6 Å². The van der Waals surface area contributed by atoms with Gasteiger partial charge in [-0.2, -0.15) is 0 Å². The maximum Gasteiger partial charge on any atom is 0.245 e. The lowest BCUT2D eigenvalue weighted by atomic mass is 9.75. The highest BCUT2D eigenvalue weighted by Crippen LogP contribution is 2.54. The fourth-order valence-electron chi connectivity index (χ4n) is 2.57. The van der Waals surface area contributed by atoms with Crippen LogP contribution in [-0.2, 0) is 10.0 Å². The van der Waals surface area contributed by atoms with E-state index in [0.717, 1.165) is 18.4 Å². The van der Waals surface area contributed by atoms with Crippen molar-refractivity contribution in [2.45, 2.75) is 29.8 Å². The first-order valence-corrected chi connectivity index (χ1v) is 7.44. The Bertz CT molecular complexity index is 622. The number of rotatable bonds is 2. The van der Waals surface area contributed by atoms with E-state index in [2.05, 4.69) is 0 Å². The average molecular weight is 290 g/mol. The van der Waals surface area contributed by atoms with E-state index in [4.69, 9.17) is 26.2 Å². The predicted octanol–water partition coefficient (Wildman–Crippen LogP) is 1.63. The van der Waals surface area contributed by atoms with Crippen molar-refractivity contribution in [1.82, 2.24) is 0 Å². The van der Waals surface area contributed by atoms with Crippen LogP contribution in [0.3, 0.4) is 0 Å². The van der Waals surface area contributed by atoms with Gasteiger partial charge < -0.3 is 9.47 Å². The van der Waals surface area contributed by atoms with Crippen molar-refractivity contribution < 1.29 is 17.9 Å². The predicted molar refractivity (Wildman–Crippen MR) is 65.8 cm³/mol. The van der Waals surface area contributed by atoms with E-state index in [1.54, 1.807) is 6.07 Å². The van der Waals surface area contributed by atoms with Gasteiger partial charge in [0.05, 0.1) is 18.2 Å². The molecular formula is C11H12ClNO4S. The van der Waals surface area contributed by atoms with Gasteiger partial charge in [-0.05, 0) is 24.8 Å². The highest BCUT2D eigenvalue weighted by Gasteiger charge is 2.43. The van der Waals surface area contributed by atoms with Crippen LogP contribution in [0.2, 0.25) is 5.02 Å². The molecule has 98 valence electrons. The summed E-state index contributed by atoms with van der Waals surface area (Å²) in [7, 11) is -2.59. The number of ether oxygens (including phenoxy) is 2. The fourth-order valence-corrected chi connectivity index (χ4v) is 3.79. The number of sulfonamides is 1. The first-order chi connectivity index (χ1) is 8.41. The summed E-state index contributed by atoms with van der Waals surface area (Å²) in [5.41, 5.74) is 0.812. The van der Waals surface area contributed by atoms with Crippen molar-refractivity contribution in [3.8, 4) is 11.5 Å². The Balaban J connectivity index is 2.33. The second-order valence-electron chi connectivity index (χ2n) is 4.59. The molecular weight excluding hydrogens is 278 g/mol. The molecule has 2 bridgehead atoms. The normalized spacial score (nSPS) is 24.8. The van der Waals surface area contributed by atoms with Gasteiger partial charge in [-0.15, -0.1) is 0 Å². The molecule has 2 aliphatic heterocycles. The minimum atomic E-state index is -3.95. The number of hydrogen-bond donors (Lipinski definition) is 1. The minimum Gasteiger partial charge on any atom is -0.494 e. The van der Waals surface area contributed by atoms with E-state index in [0.29, 0.717) is 11.7 Å². The molecule has 1 aromatic carbocycles. The summed E-state index contributed by atoms with van der Waals surface area (Å²) in [4.78, 5) is -0.137. The van der Waals surface area contributed by atoms with E-state index >= 15 is 0 Å². The third-order valence-corrected chi connectivity index (χ3v) is 4.70. The summed E-state index contributed by atoms with van der Waals surface area (Å²) in [6, 6.07) is 1.71. The van der Waals surface area contributed by atoms with E-state index < -0.39 is 10.0 Å². The molecule has 2 heterocycles. The standard InChI is InChI=1S/C11H12ClNO4S/c1-16-10-8(12)4-7-5-2-6(3-5)17-9(7)11(10)18(13,14)15/h4-6H,2-3H2,1H3,(H2,13,14,15). The van der Waals surface area contributed by atoms with E-state index in [1.807, 2.05) is 0 Å². The minimum absolute atomic E-state index is 0.0548. The quantitative estimate of drug-likeness (QED) is 0.897. The summed E-state index contributed by atoms with van der Waals surface area (Å²) < 4.78 is 34.1. The summed E-state index contributed by atoms with van der Waals surface area (Å²) in [6.45, 7) is 0. The molecule has 4 rings (SSSR count). The lowest BCUT2D eigenvalue weighted by molar-refractivity contribution is 0.0649. The topological polar surface area (TPSA) is 78.6 Å². The van der Waals surface area contributed by atoms with Gasteiger partial charge in [-0.25, -0.2) is 13.6 Å². The number of hydrogen-bond acceptors (Lipinski definition) is 4. The number of nitrogens with two attached hydrogens (primary N) is 1. The zero-order chi connectivity index (χ0) is 13.1. The number of halogens is 1. The van der Waals surface area contributed by atoms with Crippen LogP contribution in [-0.4, -0.2) is 21.6 Å². The number of methoxy groups -OCH3 is 1. The second-order valence-corrected chi connectivity index (χ2v) is 6.50. The molecule has 2 N–H and O–H groups in total. The molecule has 1 saturated carbocycles. The first-order valence-electron chi connectivity index (χ1n) is 5.51. The molecule has 0 atom stereocenters. The van der Waals surface area contributed by atoms with Gasteiger partial charge in [0, 0.05) is 5.56 Å². The summed E-state index contributed by atoms with van der Waals surface area (Å²) >= 11 is 6.05. The van der Waals surface area contributed by atoms with Gasteiger partial charge in [-0.1, -0.05) is 11.6 Å². The Morgan fingerprint density at radius 3 is 2.72 bits per heavy atom. The average Bonchev–Trinajstić information content (AvgIpc) is 2.23. The maximum atomic E-state index is 11.7. The van der Waals surface area contributed by atoms with Crippen molar-refractivity contribution in [2.24, 2.45) is 5.14 Å². The van der Waals surface area contributed by atoms with E-state index in [1.165, 1.54) is 7.11 Å². The molecule has 5 nitrogen and oxygen atoms in total. The highest BCUT2D eigenvalue weighted by atomic mass is 35.5. The highest BCUT2D eigenvalue weighted by molar-refractivity contribution is 7.89. The molecule has 0 radical (unpaired) electrons. The van der Waals surface area contributed by atoms with Gasteiger partial charge in [0.1, 0.15) is 5.75 Å². The number of benzene rings is 1. The maximum absolute atomic E-state index is 11.7. The smallest absolute Gasteiger partial charge is 0.245 e. The number of primary sulfonamides is 1. The molecule has 0 aromatic heterocycles. The Hall–Kier alpha value is -0.980. The molecule has 1 aromatic rings. The molecule has 0 amide bonds. The summed E-state index contributed by atoms with van der Waals surface area (Å²) in [6.07, 6.45) is 1.88. The van der Waals surface area contributed by atoms with Crippen LogP contribution in [0.5, 0.6) is 11.5 Å². The Morgan fingerprint density at radius 1 is 1.50 bits per heavy atom. The molecule has 1 aliphatic carbocycles. The molecule has 1 fully saturated rings. The Kier molecular flexibility index (Phi) is 2.52. The third-order valence-electron chi connectivity index (χ3n) is 3.48. The molecule has 0 saturated heterocycles. The SMILES string of the molecule is COc1c(Cl)cc2c(c1S(N)(=O)=O)OC1CC2C1. The van der Waals surface area contributed by atoms with Crippen molar-refractivity contribution in [3.05, 3.63) is 16.7 Å². The first kappa shape index (κ1) is 12.1. The Morgan fingerprint density at radius 2 is 2.17 bits per heavy atom. The van der Waals surface area contributed by atoms with Gasteiger partial charge in [0.15, 0.2) is 10.6 Å². The van der Waals surface area contributed by atoms with Crippen LogP contribution in [0, 0.1) is 0 Å². The van der Waals surface area contributed by atoms with Gasteiger partial charge in [0.25, 0.3) is 0 Å². The van der Waals surface area contributed by atoms with Gasteiger partial charge in [0.2, 0.25) is 10.0 Å². The third kappa shape index (κ3) is 1.60. The van der Waals surface area contributed by atoms with Crippen LogP contribution in [0.4, 0.5) is 0 Å². The Labute approximate surface area is 110 Å². The van der Waals surface area contributed by atoms with Crippen molar-refractivity contribution in [3.63, 3.8) is 0 Å². The fraction of sp³-hybridized carbons (Fsp3) is 0.455. The van der Waals surface area contributed by atoms with E-state index in [-0.39, 0.29) is 21.8 Å². The second kappa shape index (κ2) is 3.76. The van der Waals surface area contributed by atoms with Crippen LogP contribution < -0.4 is 14.6 Å². The van der Waals surface area contributed by atoms with Crippen LogP contribution in [0.25, 0.3) is 0 Å². The van der Waals surface area contributed by atoms with Crippen molar-refractivity contribution in [2.75, 3.05) is 7.11 Å². The molecule has 0 spiro atoms. The zero-order valence-corrected chi connectivity index (χ0v) is 11.2.